The van der Waals surface area contributed by atoms with Gasteiger partial charge < -0.3 is 9.88 Å². The van der Waals surface area contributed by atoms with Crippen molar-refractivity contribution in [2.24, 2.45) is 0 Å². The van der Waals surface area contributed by atoms with Gasteiger partial charge in [-0.25, -0.2) is 0 Å². The first-order valence-corrected chi connectivity index (χ1v) is 9.86. The number of rotatable bonds is 0. The van der Waals surface area contributed by atoms with Gasteiger partial charge in [0.15, 0.2) is 0 Å². The number of nitrogens with zero attached hydrogens (tertiary/aromatic N) is 1. The Morgan fingerprint density at radius 2 is 1.96 bits per heavy atom. The summed E-state index contributed by atoms with van der Waals surface area (Å²) in [6, 6.07) is 0.0445. The molecule has 5 nitrogen and oxygen atoms in total. The van der Waals surface area contributed by atoms with Crippen molar-refractivity contribution in [1.29, 1.82) is 0 Å². The molecular weight excluding hydrogens is 350 g/mol. The predicted octanol–water partition coefficient (Wildman–Crippen LogP) is 1.65. The molecule has 4 heterocycles. The average Bonchev–Trinajstić information content (AvgIpc) is 3.34. The number of amides is 2. The van der Waals surface area contributed by atoms with Crippen molar-refractivity contribution in [3.05, 3.63) is 63.7 Å². The molecule has 0 radical (unpaired) electrons. The zero-order valence-electron chi connectivity index (χ0n) is 15.1. The summed E-state index contributed by atoms with van der Waals surface area (Å²) in [5.74, 6) is -0.537. The first-order chi connectivity index (χ1) is 13.7. The lowest BCUT2D eigenvalue weighted by Crippen LogP contribution is -2.28. The standard InChI is InChI=1S/C23H17N3O2/c27-22-17-15-12-7-1-2-9-14(12)24-19(15)21-16(18(17)23(28)25-22)13-8-3-5-11-6-4-10-26(21)20(11)13/h1-3,5,7,9,14,24H,4,6,8,10H2,(H,25,27,28). The van der Waals surface area contributed by atoms with Crippen LogP contribution < -0.4 is 21.2 Å². The van der Waals surface area contributed by atoms with Crippen LogP contribution in [0.5, 0.6) is 0 Å². The minimum absolute atomic E-state index is 0.0445. The SMILES string of the molecule is O=C1NC(=O)c2c1c1c(c3c2c2c4n3CCCC=4C=CC2)NC2C=CC=CC=12. The number of aryl methyl sites for hydroxylation is 1. The van der Waals surface area contributed by atoms with E-state index >= 15 is 0 Å². The Labute approximate surface area is 160 Å². The number of fused-ring (bicyclic) bond motifs is 9. The lowest BCUT2D eigenvalue weighted by atomic mass is 9.92. The van der Waals surface area contributed by atoms with Crippen LogP contribution in [0.25, 0.3) is 22.0 Å². The van der Waals surface area contributed by atoms with Gasteiger partial charge in [0.25, 0.3) is 11.8 Å². The summed E-state index contributed by atoms with van der Waals surface area (Å²) < 4.78 is 2.39. The number of carbonyl (C=O) groups excluding carboxylic acids is 2. The monoisotopic (exact) mass is 367 g/mol. The molecule has 7 rings (SSSR count). The molecule has 5 aliphatic rings. The molecule has 2 aliphatic carbocycles. The lowest BCUT2D eigenvalue weighted by molar-refractivity contribution is 0.0880. The number of nitrogens with one attached hydrogen (secondary N) is 2. The molecule has 0 spiro atoms. The number of allylic oxidation sites excluding steroid dienone is 4. The largest absolute Gasteiger partial charge is 0.372 e. The van der Waals surface area contributed by atoms with E-state index in [1.54, 1.807) is 0 Å². The minimum atomic E-state index is -0.275. The van der Waals surface area contributed by atoms with E-state index in [0.29, 0.717) is 11.1 Å². The fourth-order valence-corrected chi connectivity index (χ4v) is 5.68. The van der Waals surface area contributed by atoms with Gasteiger partial charge in [0.05, 0.1) is 28.4 Å². The molecule has 2 aromatic rings. The van der Waals surface area contributed by atoms with Gasteiger partial charge in [-0.05, 0) is 36.0 Å². The van der Waals surface area contributed by atoms with E-state index in [9.17, 15) is 9.59 Å². The van der Waals surface area contributed by atoms with E-state index in [4.69, 9.17) is 0 Å². The summed E-state index contributed by atoms with van der Waals surface area (Å²) in [6.45, 7) is 0.942. The molecule has 3 aliphatic heterocycles. The summed E-state index contributed by atoms with van der Waals surface area (Å²) in [7, 11) is 0. The minimum Gasteiger partial charge on any atom is -0.372 e. The fraction of sp³-hybridized carbons (Fsp3) is 0.217. The third-order valence-corrected chi connectivity index (χ3v) is 6.67. The number of imide groups is 1. The maximum absolute atomic E-state index is 12.9. The zero-order chi connectivity index (χ0) is 18.6. The molecule has 0 saturated heterocycles. The van der Waals surface area contributed by atoms with Gasteiger partial charge >= 0.3 is 0 Å². The van der Waals surface area contributed by atoms with Crippen LogP contribution in [0.3, 0.4) is 0 Å². The zero-order valence-corrected chi connectivity index (χ0v) is 15.1. The molecule has 5 heteroatoms. The normalized spacial score (nSPS) is 22.9. The van der Waals surface area contributed by atoms with Crippen molar-refractivity contribution in [2.75, 3.05) is 5.32 Å². The van der Waals surface area contributed by atoms with Gasteiger partial charge in [-0.2, -0.15) is 0 Å². The van der Waals surface area contributed by atoms with E-state index in [1.807, 2.05) is 12.2 Å². The maximum Gasteiger partial charge on any atom is 0.259 e. The summed E-state index contributed by atoms with van der Waals surface area (Å²) in [4.78, 5) is 25.7. The quantitative estimate of drug-likeness (QED) is 0.696. The number of aromatic nitrogens is 1. The lowest BCUT2D eigenvalue weighted by Gasteiger charge is -2.18. The third-order valence-electron chi connectivity index (χ3n) is 6.67. The van der Waals surface area contributed by atoms with Crippen LogP contribution in [-0.4, -0.2) is 22.4 Å². The second-order valence-electron chi connectivity index (χ2n) is 8.04. The topological polar surface area (TPSA) is 63.1 Å². The molecule has 2 amide bonds. The van der Waals surface area contributed by atoms with Gasteiger partial charge in [0, 0.05) is 22.5 Å². The number of anilines is 1. The predicted molar refractivity (Wildman–Crippen MR) is 108 cm³/mol. The number of hydrogen-bond acceptors (Lipinski definition) is 3. The molecule has 1 aromatic carbocycles. The molecule has 0 saturated carbocycles. The van der Waals surface area contributed by atoms with Gasteiger partial charge in [-0.15, -0.1) is 0 Å². The highest BCUT2D eigenvalue weighted by Gasteiger charge is 2.39. The Bertz CT molecular complexity index is 1400. The molecule has 28 heavy (non-hydrogen) atoms. The molecular formula is C23H17N3O2. The van der Waals surface area contributed by atoms with Crippen molar-refractivity contribution >= 4 is 39.6 Å². The van der Waals surface area contributed by atoms with E-state index < -0.39 is 0 Å². The van der Waals surface area contributed by atoms with Gasteiger partial charge in [0.2, 0.25) is 0 Å². The summed E-state index contributed by atoms with van der Waals surface area (Å²) in [5, 5.41) is 9.35. The maximum atomic E-state index is 12.9. The molecule has 2 N–H and O–H groups in total. The van der Waals surface area contributed by atoms with Gasteiger partial charge in [-0.3, -0.25) is 14.9 Å². The Kier molecular flexibility index (Phi) is 2.48. The summed E-state index contributed by atoms with van der Waals surface area (Å²) >= 11 is 0. The van der Waals surface area contributed by atoms with Crippen molar-refractivity contribution in [3.8, 4) is 0 Å². The Balaban J connectivity index is 1.80. The Morgan fingerprint density at radius 3 is 2.89 bits per heavy atom. The highest BCUT2D eigenvalue weighted by Crippen LogP contribution is 2.38. The van der Waals surface area contributed by atoms with Crippen LogP contribution in [-0.2, 0) is 13.0 Å². The van der Waals surface area contributed by atoms with Crippen LogP contribution in [0.15, 0.2) is 36.5 Å². The van der Waals surface area contributed by atoms with Crippen LogP contribution in [0, 0.1) is 0 Å². The fourth-order valence-electron chi connectivity index (χ4n) is 5.68. The second-order valence-corrected chi connectivity index (χ2v) is 8.04. The average molecular weight is 367 g/mol. The molecule has 1 unspecified atom stereocenters. The molecule has 0 fully saturated rings. The van der Waals surface area contributed by atoms with Crippen LogP contribution in [0.2, 0.25) is 0 Å². The highest BCUT2D eigenvalue weighted by molar-refractivity contribution is 6.29. The van der Waals surface area contributed by atoms with E-state index in [1.165, 1.54) is 16.5 Å². The smallest absolute Gasteiger partial charge is 0.259 e. The second kappa shape index (κ2) is 4.73. The van der Waals surface area contributed by atoms with E-state index in [0.717, 1.165) is 53.2 Å². The number of hydrogen-bond donors (Lipinski definition) is 2. The van der Waals surface area contributed by atoms with Gasteiger partial charge in [0.1, 0.15) is 0 Å². The number of benzene rings is 1. The van der Waals surface area contributed by atoms with Crippen molar-refractivity contribution in [3.63, 3.8) is 0 Å². The first-order valence-electron chi connectivity index (χ1n) is 9.86. The van der Waals surface area contributed by atoms with Crippen LogP contribution in [0.4, 0.5) is 5.69 Å². The van der Waals surface area contributed by atoms with E-state index in [-0.39, 0.29) is 17.9 Å². The van der Waals surface area contributed by atoms with Crippen LogP contribution in [0.1, 0.15) is 39.1 Å². The highest BCUT2D eigenvalue weighted by atomic mass is 16.2. The Hall–Kier alpha value is -3.34. The molecule has 1 atom stereocenters. The summed E-state index contributed by atoms with van der Waals surface area (Å²) in [6.07, 6.45) is 15.6. The summed E-state index contributed by atoms with van der Waals surface area (Å²) in [5.41, 5.74) is 6.84. The van der Waals surface area contributed by atoms with E-state index in [2.05, 4.69) is 39.5 Å². The first kappa shape index (κ1) is 14.7. The van der Waals surface area contributed by atoms with Gasteiger partial charge in [-0.1, -0.05) is 36.5 Å². The van der Waals surface area contributed by atoms with Crippen LogP contribution >= 0.6 is 0 Å². The molecule has 0 bridgehead atoms. The third kappa shape index (κ3) is 1.52. The molecule has 1 aromatic heterocycles. The van der Waals surface area contributed by atoms with Crippen molar-refractivity contribution < 1.29 is 9.59 Å². The van der Waals surface area contributed by atoms with Crippen molar-refractivity contribution in [1.82, 2.24) is 9.88 Å². The number of carbonyl (C=O) groups is 2. The van der Waals surface area contributed by atoms with Crippen molar-refractivity contribution in [2.45, 2.75) is 31.8 Å². The molecule has 136 valence electrons. The Morgan fingerprint density at radius 1 is 1.07 bits per heavy atom.